The number of benzene rings is 1. The highest BCUT2D eigenvalue weighted by molar-refractivity contribution is 7.13. The summed E-state index contributed by atoms with van der Waals surface area (Å²) in [5, 5.41) is 11.0. The number of para-hydroxylation sites is 1. The van der Waals surface area contributed by atoms with Crippen molar-refractivity contribution in [2.75, 3.05) is 11.4 Å². The van der Waals surface area contributed by atoms with Gasteiger partial charge in [0.1, 0.15) is 5.82 Å². The number of carboxylic acids is 1. The summed E-state index contributed by atoms with van der Waals surface area (Å²) in [4.78, 5) is 16.6. The Morgan fingerprint density at radius 1 is 1.47 bits per heavy atom. The zero-order valence-corrected chi connectivity index (χ0v) is 11.2. The van der Waals surface area contributed by atoms with E-state index in [0.717, 1.165) is 0 Å². The normalized spacial score (nSPS) is 10.4. The number of thiazole rings is 1. The average molecular weight is 280 g/mol. The number of hydrogen-bond acceptors (Lipinski definition) is 4. The Balaban J connectivity index is 2.30. The summed E-state index contributed by atoms with van der Waals surface area (Å²) in [5.74, 6) is -1.25. The van der Waals surface area contributed by atoms with Crippen molar-refractivity contribution >= 4 is 28.1 Å². The van der Waals surface area contributed by atoms with E-state index in [1.54, 1.807) is 28.5 Å². The standard InChI is InChI=1S/C13H13FN2O2S/c1-2-16(11-6-4-3-5-10(11)14)13-15-9(8-19-13)7-12(17)18/h3-6,8H,2,7H2,1H3,(H,17,18). The predicted octanol–water partition coefficient (Wildman–Crippen LogP) is 3.07. The fourth-order valence-corrected chi connectivity index (χ4v) is 2.64. The Kier molecular flexibility index (Phi) is 4.11. The minimum absolute atomic E-state index is 0.120. The topological polar surface area (TPSA) is 53.4 Å². The van der Waals surface area contributed by atoms with E-state index in [2.05, 4.69) is 4.98 Å². The number of aromatic nitrogens is 1. The number of hydrogen-bond donors (Lipinski definition) is 1. The lowest BCUT2D eigenvalue weighted by Gasteiger charge is -2.20. The van der Waals surface area contributed by atoms with Crippen molar-refractivity contribution in [2.24, 2.45) is 0 Å². The molecule has 0 bridgehead atoms. The highest BCUT2D eigenvalue weighted by Crippen LogP contribution is 2.30. The van der Waals surface area contributed by atoms with Gasteiger partial charge in [-0.25, -0.2) is 9.37 Å². The number of aliphatic carboxylic acids is 1. The molecule has 0 aliphatic heterocycles. The van der Waals surface area contributed by atoms with Crippen LogP contribution in [-0.4, -0.2) is 22.6 Å². The average Bonchev–Trinajstić information content (AvgIpc) is 2.80. The molecule has 0 aliphatic carbocycles. The highest BCUT2D eigenvalue weighted by Gasteiger charge is 2.15. The Hall–Kier alpha value is -1.95. The van der Waals surface area contributed by atoms with Gasteiger partial charge in [0.2, 0.25) is 0 Å². The number of rotatable bonds is 5. The maximum absolute atomic E-state index is 13.8. The molecule has 2 rings (SSSR count). The second-order valence-electron chi connectivity index (χ2n) is 3.89. The van der Waals surface area contributed by atoms with Crippen LogP contribution < -0.4 is 4.90 Å². The molecule has 1 aromatic carbocycles. The highest BCUT2D eigenvalue weighted by atomic mass is 32.1. The molecule has 0 saturated carbocycles. The number of nitrogens with zero attached hydrogens (tertiary/aromatic N) is 2. The quantitative estimate of drug-likeness (QED) is 0.914. The smallest absolute Gasteiger partial charge is 0.309 e. The van der Waals surface area contributed by atoms with Crippen LogP contribution in [0.3, 0.4) is 0 Å². The van der Waals surface area contributed by atoms with Gasteiger partial charge < -0.3 is 10.0 Å². The number of carbonyl (C=O) groups is 1. The van der Waals surface area contributed by atoms with E-state index in [9.17, 15) is 9.18 Å². The van der Waals surface area contributed by atoms with Gasteiger partial charge in [-0.3, -0.25) is 4.79 Å². The Morgan fingerprint density at radius 3 is 2.84 bits per heavy atom. The first-order valence-electron chi connectivity index (χ1n) is 5.80. The summed E-state index contributed by atoms with van der Waals surface area (Å²) >= 11 is 1.31. The summed E-state index contributed by atoms with van der Waals surface area (Å²) in [7, 11) is 0. The van der Waals surface area contributed by atoms with E-state index in [1.165, 1.54) is 17.4 Å². The van der Waals surface area contributed by atoms with E-state index in [4.69, 9.17) is 5.11 Å². The minimum atomic E-state index is -0.925. The molecule has 1 heterocycles. The van der Waals surface area contributed by atoms with Gasteiger partial charge in [0.05, 0.1) is 17.8 Å². The second-order valence-corrected chi connectivity index (χ2v) is 4.72. The van der Waals surface area contributed by atoms with E-state index in [-0.39, 0.29) is 12.2 Å². The first-order chi connectivity index (χ1) is 9.11. The molecule has 0 unspecified atom stereocenters. The van der Waals surface area contributed by atoms with Gasteiger partial charge in [0.15, 0.2) is 5.13 Å². The molecule has 0 aliphatic rings. The maximum Gasteiger partial charge on any atom is 0.309 e. The third-order valence-corrected chi connectivity index (χ3v) is 3.47. The van der Waals surface area contributed by atoms with Gasteiger partial charge in [-0.15, -0.1) is 11.3 Å². The van der Waals surface area contributed by atoms with Crippen LogP contribution in [0.25, 0.3) is 0 Å². The van der Waals surface area contributed by atoms with Crippen molar-refractivity contribution in [3.8, 4) is 0 Å². The van der Waals surface area contributed by atoms with Gasteiger partial charge in [-0.05, 0) is 19.1 Å². The summed E-state index contributed by atoms with van der Waals surface area (Å²) in [6.07, 6.45) is -0.120. The van der Waals surface area contributed by atoms with Crippen LogP contribution in [0.1, 0.15) is 12.6 Å². The van der Waals surface area contributed by atoms with Crippen molar-refractivity contribution in [2.45, 2.75) is 13.3 Å². The molecular weight excluding hydrogens is 267 g/mol. The molecule has 6 heteroatoms. The van der Waals surface area contributed by atoms with Crippen molar-refractivity contribution in [1.82, 2.24) is 4.98 Å². The largest absolute Gasteiger partial charge is 0.481 e. The van der Waals surface area contributed by atoms with E-state index >= 15 is 0 Å². The molecule has 19 heavy (non-hydrogen) atoms. The zero-order chi connectivity index (χ0) is 13.8. The van der Waals surface area contributed by atoms with Crippen LogP contribution in [0.15, 0.2) is 29.6 Å². The summed E-state index contributed by atoms with van der Waals surface area (Å²) in [6, 6.07) is 6.46. The van der Waals surface area contributed by atoms with Crippen molar-refractivity contribution < 1.29 is 14.3 Å². The lowest BCUT2D eigenvalue weighted by molar-refractivity contribution is -0.136. The molecule has 0 spiro atoms. The molecule has 0 amide bonds. The van der Waals surface area contributed by atoms with Crippen LogP contribution >= 0.6 is 11.3 Å². The van der Waals surface area contributed by atoms with E-state index in [0.29, 0.717) is 23.1 Å². The molecule has 0 radical (unpaired) electrons. The molecular formula is C13H13FN2O2S. The van der Waals surface area contributed by atoms with Gasteiger partial charge in [-0.1, -0.05) is 12.1 Å². The zero-order valence-electron chi connectivity index (χ0n) is 10.3. The minimum Gasteiger partial charge on any atom is -0.481 e. The van der Waals surface area contributed by atoms with Crippen LogP contribution in [0.5, 0.6) is 0 Å². The molecule has 1 aromatic heterocycles. The van der Waals surface area contributed by atoms with Crippen LogP contribution in [0.4, 0.5) is 15.2 Å². The fraction of sp³-hybridized carbons (Fsp3) is 0.231. The summed E-state index contributed by atoms with van der Waals surface area (Å²) in [5.41, 5.74) is 0.934. The molecule has 4 nitrogen and oxygen atoms in total. The third-order valence-electron chi connectivity index (χ3n) is 2.56. The molecule has 100 valence electrons. The predicted molar refractivity (Wildman–Crippen MR) is 72.5 cm³/mol. The number of halogens is 1. The monoisotopic (exact) mass is 280 g/mol. The van der Waals surface area contributed by atoms with Crippen molar-refractivity contribution in [1.29, 1.82) is 0 Å². The third kappa shape index (κ3) is 3.08. The van der Waals surface area contributed by atoms with E-state index in [1.807, 2.05) is 6.92 Å². The Bertz CT molecular complexity index is 586. The Morgan fingerprint density at radius 2 is 2.21 bits per heavy atom. The summed E-state index contributed by atoms with van der Waals surface area (Å²) in [6.45, 7) is 2.45. The second kappa shape index (κ2) is 5.79. The fourth-order valence-electron chi connectivity index (χ4n) is 1.74. The van der Waals surface area contributed by atoms with Gasteiger partial charge in [0, 0.05) is 11.9 Å². The molecule has 2 aromatic rings. The van der Waals surface area contributed by atoms with Gasteiger partial charge in [0.25, 0.3) is 0 Å². The van der Waals surface area contributed by atoms with Crippen LogP contribution in [-0.2, 0) is 11.2 Å². The molecule has 1 N–H and O–H groups in total. The first-order valence-corrected chi connectivity index (χ1v) is 6.68. The van der Waals surface area contributed by atoms with Crippen molar-refractivity contribution in [3.05, 3.63) is 41.2 Å². The van der Waals surface area contributed by atoms with E-state index < -0.39 is 5.97 Å². The van der Waals surface area contributed by atoms with Crippen LogP contribution in [0.2, 0.25) is 0 Å². The van der Waals surface area contributed by atoms with Crippen LogP contribution in [0, 0.1) is 5.82 Å². The maximum atomic E-state index is 13.8. The lowest BCUT2D eigenvalue weighted by Crippen LogP contribution is -2.17. The molecule has 0 fully saturated rings. The summed E-state index contributed by atoms with van der Waals surface area (Å²) < 4.78 is 13.8. The van der Waals surface area contributed by atoms with Crippen molar-refractivity contribution in [3.63, 3.8) is 0 Å². The molecule has 0 saturated heterocycles. The first kappa shape index (κ1) is 13.5. The van der Waals surface area contributed by atoms with Gasteiger partial charge in [-0.2, -0.15) is 0 Å². The lowest BCUT2D eigenvalue weighted by atomic mass is 10.3. The Labute approximate surface area is 114 Å². The van der Waals surface area contributed by atoms with Gasteiger partial charge >= 0.3 is 5.97 Å². The number of anilines is 2. The molecule has 0 atom stereocenters. The SMILES string of the molecule is CCN(c1nc(CC(=O)O)cs1)c1ccccc1F. The number of carboxylic acid groups (broad SMARTS) is 1.